The number of nitrogens with zero attached hydrogens (tertiary/aromatic N) is 3. The van der Waals surface area contributed by atoms with Gasteiger partial charge in [0.25, 0.3) is 0 Å². The van der Waals surface area contributed by atoms with Crippen LogP contribution in [0, 0.1) is 0 Å². The summed E-state index contributed by atoms with van der Waals surface area (Å²) in [7, 11) is 0. The Labute approximate surface area is 82.6 Å². The van der Waals surface area contributed by atoms with Crippen LogP contribution in [0.2, 0.25) is 0 Å². The highest BCUT2D eigenvalue weighted by atomic mass is 79.9. The second kappa shape index (κ2) is 2.99. The van der Waals surface area contributed by atoms with Gasteiger partial charge in [0.15, 0.2) is 4.73 Å². The molecule has 3 N–H and O–H groups in total. The maximum Gasteiger partial charge on any atom is 0.245 e. The largest absolute Gasteiger partial charge is 0.366 e. The smallest absolute Gasteiger partial charge is 0.245 e. The van der Waals surface area contributed by atoms with Crippen LogP contribution in [0.5, 0.6) is 0 Å². The third kappa shape index (κ3) is 1.39. The van der Waals surface area contributed by atoms with E-state index in [1.807, 2.05) is 0 Å². The molecular weight excluding hydrogens is 238 g/mol. The zero-order chi connectivity index (χ0) is 9.42. The molecule has 1 aliphatic heterocycles. The van der Waals surface area contributed by atoms with Crippen LogP contribution in [-0.4, -0.2) is 27.2 Å². The van der Waals surface area contributed by atoms with E-state index in [-0.39, 0.29) is 17.9 Å². The van der Waals surface area contributed by atoms with E-state index >= 15 is 0 Å². The molecule has 1 unspecified atom stereocenters. The van der Waals surface area contributed by atoms with Gasteiger partial charge in [-0.2, -0.15) is 4.98 Å². The van der Waals surface area contributed by atoms with Gasteiger partial charge >= 0.3 is 0 Å². The van der Waals surface area contributed by atoms with Crippen molar-refractivity contribution in [1.82, 2.24) is 20.1 Å². The molecule has 1 amide bonds. The van der Waals surface area contributed by atoms with E-state index in [0.717, 1.165) is 6.42 Å². The number of nitrogen functional groups attached to an aromatic ring is 1. The Morgan fingerprint density at radius 2 is 2.46 bits per heavy atom. The van der Waals surface area contributed by atoms with Gasteiger partial charge in [0, 0.05) is 6.54 Å². The van der Waals surface area contributed by atoms with Crippen molar-refractivity contribution < 1.29 is 4.79 Å². The summed E-state index contributed by atoms with van der Waals surface area (Å²) in [4.78, 5) is 15.1. The maximum atomic E-state index is 11.3. The second-order valence-electron chi connectivity index (χ2n) is 2.78. The highest BCUT2D eigenvalue weighted by Gasteiger charge is 2.28. The van der Waals surface area contributed by atoms with Gasteiger partial charge in [-0.25, -0.2) is 4.68 Å². The number of amides is 1. The lowest BCUT2D eigenvalue weighted by Crippen LogP contribution is -2.22. The third-order valence-corrected chi connectivity index (χ3v) is 2.46. The van der Waals surface area contributed by atoms with E-state index in [4.69, 9.17) is 5.73 Å². The molecule has 0 saturated carbocycles. The Balaban J connectivity index is 2.34. The van der Waals surface area contributed by atoms with Gasteiger partial charge in [0.1, 0.15) is 6.04 Å². The first-order valence-corrected chi connectivity index (χ1v) is 4.63. The molecule has 70 valence electrons. The quantitative estimate of drug-likeness (QED) is 0.711. The zero-order valence-electron chi connectivity index (χ0n) is 6.70. The summed E-state index contributed by atoms with van der Waals surface area (Å²) in [5.41, 5.74) is 5.39. The van der Waals surface area contributed by atoms with E-state index in [1.165, 1.54) is 4.68 Å². The minimum atomic E-state index is -0.279. The van der Waals surface area contributed by atoms with Crippen LogP contribution < -0.4 is 11.1 Å². The van der Waals surface area contributed by atoms with E-state index < -0.39 is 0 Å². The Morgan fingerprint density at radius 3 is 2.92 bits per heavy atom. The van der Waals surface area contributed by atoms with Crippen molar-refractivity contribution >= 4 is 27.8 Å². The number of nitrogens with one attached hydrogen (secondary N) is 1. The minimum absolute atomic E-state index is 0.0365. The van der Waals surface area contributed by atoms with Gasteiger partial charge in [-0.1, -0.05) is 0 Å². The highest BCUT2D eigenvalue weighted by Crippen LogP contribution is 2.20. The predicted molar refractivity (Wildman–Crippen MR) is 48.8 cm³/mol. The number of anilines is 1. The Bertz CT molecular complexity index is 349. The number of hydrogen-bond acceptors (Lipinski definition) is 4. The average molecular weight is 246 g/mol. The molecule has 0 spiro atoms. The monoisotopic (exact) mass is 245 g/mol. The summed E-state index contributed by atoms with van der Waals surface area (Å²) in [6, 6.07) is -0.279. The first-order valence-electron chi connectivity index (χ1n) is 3.83. The van der Waals surface area contributed by atoms with Gasteiger partial charge in [-0.05, 0) is 22.4 Å². The van der Waals surface area contributed by atoms with E-state index in [0.29, 0.717) is 11.3 Å². The molecule has 1 aromatic heterocycles. The van der Waals surface area contributed by atoms with Gasteiger partial charge in [-0.15, -0.1) is 5.10 Å². The molecule has 0 radical (unpaired) electrons. The van der Waals surface area contributed by atoms with Crippen LogP contribution in [0.25, 0.3) is 0 Å². The van der Waals surface area contributed by atoms with Crippen LogP contribution in [0.3, 0.4) is 0 Å². The number of aromatic nitrogens is 3. The van der Waals surface area contributed by atoms with Crippen molar-refractivity contribution in [1.29, 1.82) is 0 Å². The molecule has 1 saturated heterocycles. The van der Waals surface area contributed by atoms with Gasteiger partial charge in [0.2, 0.25) is 11.9 Å². The predicted octanol–water partition coefficient (Wildman–Crippen LogP) is -0.316. The summed E-state index contributed by atoms with van der Waals surface area (Å²) in [5, 5.41) is 6.63. The molecule has 1 aliphatic rings. The molecule has 0 aliphatic carbocycles. The number of carbonyl (C=O) groups is 1. The first kappa shape index (κ1) is 8.49. The van der Waals surface area contributed by atoms with Crippen LogP contribution >= 0.6 is 15.9 Å². The van der Waals surface area contributed by atoms with Crippen molar-refractivity contribution in [3.63, 3.8) is 0 Å². The summed E-state index contributed by atoms with van der Waals surface area (Å²) in [6.07, 6.45) is 0.722. The van der Waals surface area contributed by atoms with Crippen LogP contribution in [0.15, 0.2) is 4.73 Å². The number of carbonyl (C=O) groups excluding carboxylic acids is 1. The van der Waals surface area contributed by atoms with Gasteiger partial charge in [0.05, 0.1) is 0 Å². The van der Waals surface area contributed by atoms with Crippen molar-refractivity contribution in [2.24, 2.45) is 0 Å². The van der Waals surface area contributed by atoms with Gasteiger partial charge in [-0.3, -0.25) is 4.79 Å². The molecular formula is C6H8BrN5O. The zero-order valence-corrected chi connectivity index (χ0v) is 8.28. The number of rotatable bonds is 1. The van der Waals surface area contributed by atoms with Crippen molar-refractivity contribution in [2.75, 3.05) is 12.3 Å². The standard InChI is InChI=1S/C6H8BrN5O/c7-5-10-6(8)11-12(5)3-1-2-9-4(3)13/h3H,1-2H2,(H2,8,11)(H,9,13). The molecule has 2 heterocycles. The fourth-order valence-corrected chi connectivity index (χ4v) is 1.84. The normalized spacial score (nSPS) is 21.9. The Kier molecular flexibility index (Phi) is 1.95. The molecule has 0 aromatic carbocycles. The highest BCUT2D eigenvalue weighted by molar-refractivity contribution is 9.10. The van der Waals surface area contributed by atoms with Crippen LogP contribution in [0.4, 0.5) is 5.95 Å². The van der Waals surface area contributed by atoms with Crippen molar-refractivity contribution in [3.05, 3.63) is 4.73 Å². The lowest BCUT2D eigenvalue weighted by Gasteiger charge is -2.06. The molecule has 6 nitrogen and oxygen atoms in total. The Morgan fingerprint density at radius 1 is 1.69 bits per heavy atom. The molecule has 1 fully saturated rings. The van der Waals surface area contributed by atoms with Crippen molar-refractivity contribution in [3.8, 4) is 0 Å². The first-order chi connectivity index (χ1) is 6.18. The third-order valence-electron chi connectivity index (χ3n) is 1.92. The maximum absolute atomic E-state index is 11.3. The number of nitrogens with two attached hydrogens (primary N) is 1. The topological polar surface area (TPSA) is 85.8 Å². The van der Waals surface area contributed by atoms with E-state index in [1.54, 1.807) is 0 Å². The summed E-state index contributed by atoms with van der Waals surface area (Å²) >= 11 is 3.18. The van der Waals surface area contributed by atoms with Crippen LogP contribution in [0.1, 0.15) is 12.5 Å². The van der Waals surface area contributed by atoms with Crippen LogP contribution in [-0.2, 0) is 4.79 Å². The lowest BCUT2D eigenvalue weighted by molar-refractivity contribution is -0.122. The summed E-state index contributed by atoms with van der Waals surface area (Å²) < 4.78 is 1.99. The Hall–Kier alpha value is -1.11. The molecule has 2 rings (SSSR count). The number of halogens is 1. The van der Waals surface area contributed by atoms with Crippen molar-refractivity contribution in [2.45, 2.75) is 12.5 Å². The molecule has 13 heavy (non-hydrogen) atoms. The van der Waals surface area contributed by atoms with E-state index in [9.17, 15) is 4.79 Å². The van der Waals surface area contributed by atoms with Gasteiger partial charge < -0.3 is 11.1 Å². The molecule has 7 heteroatoms. The summed E-state index contributed by atoms with van der Waals surface area (Å²) in [5.74, 6) is 0.136. The average Bonchev–Trinajstić information content (AvgIpc) is 2.58. The lowest BCUT2D eigenvalue weighted by atomic mass is 10.3. The molecule has 1 atom stereocenters. The fraction of sp³-hybridized carbons (Fsp3) is 0.500. The molecule has 1 aromatic rings. The molecule has 0 bridgehead atoms. The number of hydrogen-bond donors (Lipinski definition) is 2. The second-order valence-corrected chi connectivity index (χ2v) is 3.49. The minimum Gasteiger partial charge on any atom is -0.366 e. The van der Waals surface area contributed by atoms with E-state index in [2.05, 4.69) is 31.3 Å². The fourth-order valence-electron chi connectivity index (χ4n) is 1.33. The SMILES string of the molecule is Nc1nc(Br)n(C2CCNC2=O)n1. The summed E-state index contributed by atoms with van der Waals surface area (Å²) in [6.45, 7) is 0.676.